The van der Waals surface area contributed by atoms with Crippen LogP contribution in [-0.2, 0) is 0 Å². The topological polar surface area (TPSA) is 0 Å². The number of hydrogen-bond donors (Lipinski definition) is 0. The monoisotopic (exact) mass is 400 g/mol. The molecule has 2 aliphatic carbocycles. The minimum Gasteiger partial charge on any atom is -0.0804 e. The number of allylic oxidation sites excluding steroid dienone is 2. The summed E-state index contributed by atoms with van der Waals surface area (Å²) in [5, 5.41) is 0. The number of rotatable bonds is 7. The molecule has 0 nitrogen and oxygen atoms in total. The number of benzene rings is 2. The van der Waals surface area contributed by atoms with Crippen LogP contribution in [0.4, 0.5) is 0 Å². The molecular formula is C30H40. The smallest absolute Gasteiger partial charge is 0.0162 e. The van der Waals surface area contributed by atoms with Crippen molar-refractivity contribution >= 4 is 5.57 Å². The molecule has 0 N–H and O–H groups in total. The molecule has 0 spiro atoms. The van der Waals surface area contributed by atoms with Gasteiger partial charge in [-0.3, -0.25) is 0 Å². The highest BCUT2D eigenvalue weighted by Gasteiger charge is 2.22. The van der Waals surface area contributed by atoms with Gasteiger partial charge in [-0.1, -0.05) is 94.1 Å². The first-order chi connectivity index (χ1) is 14.8. The average molecular weight is 401 g/mol. The van der Waals surface area contributed by atoms with E-state index in [4.69, 9.17) is 0 Å². The van der Waals surface area contributed by atoms with Crippen LogP contribution in [0.25, 0.3) is 16.7 Å². The van der Waals surface area contributed by atoms with Gasteiger partial charge in [-0.15, -0.1) is 0 Å². The molecule has 0 aromatic heterocycles. The molecule has 2 aromatic carbocycles. The summed E-state index contributed by atoms with van der Waals surface area (Å²) in [4.78, 5) is 0. The van der Waals surface area contributed by atoms with Crippen molar-refractivity contribution in [2.75, 3.05) is 0 Å². The Morgan fingerprint density at radius 1 is 0.700 bits per heavy atom. The van der Waals surface area contributed by atoms with E-state index in [0.717, 1.165) is 17.8 Å². The second-order valence-corrected chi connectivity index (χ2v) is 9.84. The minimum absolute atomic E-state index is 0.782. The van der Waals surface area contributed by atoms with Crippen LogP contribution in [-0.4, -0.2) is 0 Å². The molecule has 1 unspecified atom stereocenters. The van der Waals surface area contributed by atoms with E-state index in [1.54, 1.807) is 11.1 Å². The summed E-state index contributed by atoms with van der Waals surface area (Å²) < 4.78 is 0. The second kappa shape index (κ2) is 10.5. The maximum absolute atomic E-state index is 2.48. The molecule has 2 aliphatic rings. The van der Waals surface area contributed by atoms with E-state index in [1.807, 2.05) is 0 Å². The standard InChI is InChI=1S/C30H40/c1-3-5-6-24-9-13-26(14-10-24)28-17-21-30(22-18-28)29-19-15-27(16-20-29)25-11-7-23(4-2)8-12-25/h11,15-24,26H,3-10,12-14H2,1-2H3/t23?,24-,26-. The van der Waals surface area contributed by atoms with Crippen molar-refractivity contribution < 1.29 is 0 Å². The molecule has 0 aliphatic heterocycles. The molecule has 30 heavy (non-hydrogen) atoms. The van der Waals surface area contributed by atoms with E-state index >= 15 is 0 Å². The fraction of sp³-hybridized carbons (Fsp3) is 0.533. The van der Waals surface area contributed by atoms with Crippen molar-refractivity contribution in [3.63, 3.8) is 0 Å². The predicted octanol–water partition coefficient (Wildman–Crippen LogP) is 9.41. The summed E-state index contributed by atoms with van der Waals surface area (Å²) in [5.74, 6) is 2.67. The summed E-state index contributed by atoms with van der Waals surface area (Å²) >= 11 is 0. The van der Waals surface area contributed by atoms with Crippen LogP contribution in [0.2, 0.25) is 0 Å². The zero-order valence-electron chi connectivity index (χ0n) is 19.2. The Bertz CT molecular complexity index is 800. The highest BCUT2D eigenvalue weighted by atomic mass is 14.3. The lowest BCUT2D eigenvalue weighted by atomic mass is 9.77. The zero-order chi connectivity index (χ0) is 20.8. The van der Waals surface area contributed by atoms with Gasteiger partial charge >= 0.3 is 0 Å². The first-order valence-corrected chi connectivity index (χ1v) is 12.7. The zero-order valence-corrected chi connectivity index (χ0v) is 19.2. The van der Waals surface area contributed by atoms with Gasteiger partial charge in [0, 0.05) is 0 Å². The Balaban J connectivity index is 1.36. The minimum atomic E-state index is 0.782. The van der Waals surface area contributed by atoms with Gasteiger partial charge in [-0.25, -0.2) is 0 Å². The first-order valence-electron chi connectivity index (χ1n) is 12.7. The van der Waals surface area contributed by atoms with Gasteiger partial charge in [0.15, 0.2) is 0 Å². The Labute approximate surface area is 184 Å². The third-order valence-corrected chi connectivity index (χ3v) is 7.88. The van der Waals surface area contributed by atoms with Gasteiger partial charge in [-0.05, 0) is 90.5 Å². The Morgan fingerprint density at radius 2 is 1.33 bits per heavy atom. The van der Waals surface area contributed by atoms with Crippen molar-refractivity contribution in [2.24, 2.45) is 11.8 Å². The normalized spacial score (nSPS) is 24.5. The molecule has 160 valence electrons. The Hall–Kier alpha value is -1.82. The Morgan fingerprint density at radius 3 is 1.90 bits per heavy atom. The third-order valence-electron chi connectivity index (χ3n) is 7.88. The van der Waals surface area contributed by atoms with Crippen LogP contribution in [0.3, 0.4) is 0 Å². The van der Waals surface area contributed by atoms with Crippen LogP contribution in [0.15, 0.2) is 54.6 Å². The lowest BCUT2D eigenvalue weighted by Gasteiger charge is -2.29. The van der Waals surface area contributed by atoms with Gasteiger partial charge in [0.05, 0.1) is 0 Å². The molecule has 0 amide bonds. The van der Waals surface area contributed by atoms with Crippen LogP contribution >= 0.6 is 0 Å². The van der Waals surface area contributed by atoms with E-state index < -0.39 is 0 Å². The van der Waals surface area contributed by atoms with Gasteiger partial charge in [-0.2, -0.15) is 0 Å². The summed E-state index contributed by atoms with van der Waals surface area (Å²) in [6.45, 7) is 4.64. The summed E-state index contributed by atoms with van der Waals surface area (Å²) in [5.41, 5.74) is 7.23. The maximum atomic E-state index is 2.48. The summed E-state index contributed by atoms with van der Waals surface area (Å²) in [6.07, 6.45) is 17.5. The fourth-order valence-electron chi connectivity index (χ4n) is 5.62. The molecule has 0 heteroatoms. The van der Waals surface area contributed by atoms with Crippen molar-refractivity contribution in [1.82, 2.24) is 0 Å². The van der Waals surface area contributed by atoms with Crippen molar-refractivity contribution in [3.05, 3.63) is 65.7 Å². The predicted molar refractivity (Wildman–Crippen MR) is 132 cm³/mol. The van der Waals surface area contributed by atoms with E-state index in [-0.39, 0.29) is 0 Å². The van der Waals surface area contributed by atoms with E-state index in [1.165, 1.54) is 87.3 Å². The second-order valence-electron chi connectivity index (χ2n) is 9.84. The molecule has 1 saturated carbocycles. The van der Waals surface area contributed by atoms with Crippen LogP contribution in [0.1, 0.15) is 102 Å². The summed E-state index contributed by atoms with van der Waals surface area (Å²) in [7, 11) is 0. The third kappa shape index (κ3) is 5.26. The lowest BCUT2D eigenvalue weighted by Crippen LogP contribution is -2.13. The van der Waals surface area contributed by atoms with Gasteiger partial charge in [0.2, 0.25) is 0 Å². The maximum Gasteiger partial charge on any atom is -0.0162 e. The largest absolute Gasteiger partial charge is 0.0804 e. The van der Waals surface area contributed by atoms with E-state index in [0.29, 0.717) is 0 Å². The van der Waals surface area contributed by atoms with Crippen molar-refractivity contribution in [3.8, 4) is 11.1 Å². The molecular weight excluding hydrogens is 360 g/mol. The molecule has 2 aromatic rings. The molecule has 0 heterocycles. The van der Waals surface area contributed by atoms with Crippen molar-refractivity contribution in [2.45, 2.75) is 90.4 Å². The summed E-state index contributed by atoms with van der Waals surface area (Å²) in [6, 6.07) is 18.8. The average Bonchev–Trinajstić information content (AvgIpc) is 2.83. The molecule has 0 radical (unpaired) electrons. The van der Waals surface area contributed by atoms with Crippen LogP contribution in [0.5, 0.6) is 0 Å². The highest BCUT2D eigenvalue weighted by Crippen LogP contribution is 2.38. The quantitative estimate of drug-likeness (QED) is 0.434. The van der Waals surface area contributed by atoms with E-state index in [2.05, 4.69) is 68.5 Å². The molecule has 0 saturated heterocycles. The van der Waals surface area contributed by atoms with Crippen LogP contribution < -0.4 is 0 Å². The Kier molecular flexibility index (Phi) is 7.47. The lowest BCUT2D eigenvalue weighted by molar-refractivity contribution is 0.304. The molecule has 1 atom stereocenters. The van der Waals surface area contributed by atoms with Gasteiger partial charge in [0.1, 0.15) is 0 Å². The molecule has 0 bridgehead atoms. The van der Waals surface area contributed by atoms with E-state index in [9.17, 15) is 0 Å². The number of hydrogen-bond acceptors (Lipinski definition) is 0. The molecule has 4 rings (SSSR count). The van der Waals surface area contributed by atoms with Gasteiger partial charge < -0.3 is 0 Å². The van der Waals surface area contributed by atoms with Crippen molar-refractivity contribution in [1.29, 1.82) is 0 Å². The number of unbranched alkanes of at least 4 members (excludes halogenated alkanes) is 1. The SMILES string of the molecule is CCCC[C@H]1CC[C@H](c2ccc(-c3ccc(C4=CCC(CC)CC4)cc3)cc2)CC1. The fourth-order valence-corrected chi connectivity index (χ4v) is 5.62. The van der Waals surface area contributed by atoms with Crippen LogP contribution in [0, 0.1) is 11.8 Å². The molecule has 1 fully saturated rings. The van der Waals surface area contributed by atoms with Gasteiger partial charge in [0.25, 0.3) is 0 Å². The highest BCUT2D eigenvalue weighted by molar-refractivity contribution is 5.71. The first kappa shape index (κ1) is 21.4.